The van der Waals surface area contributed by atoms with Crippen LogP contribution in [0.15, 0.2) is 279 Å². The van der Waals surface area contributed by atoms with Crippen LogP contribution in [-0.2, 0) is 0 Å². The minimum atomic E-state index is 1.16. The summed E-state index contributed by atoms with van der Waals surface area (Å²) < 4.78 is 9.84. The predicted molar refractivity (Wildman–Crippen MR) is 340 cm³/mol. The van der Waals surface area contributed by atoms with Gasteiger partial charge in [-0.1, -0.05) is 217 Å². The SMILES string of the molecule is Cc1ccc(-n2c3ccccc3c3c4c5ccccc5n(-c5ccc(-c6ccccc6)cc5)c4c4ccccc4c32)cc1.Cc1ccc(-n2c3ccccc3c3c4c5ccccc5n(-c5ccccc5)c4c4ccccc4c32)cc1. The van der Waals surface area contributed by atoms with Gasteiger partial charge in [0, 0.05) is 87.4 Å². The Labute approximate surface area is 462 Å². The third-order valence-electron chi connectivity index (χ3n) is 16.7. The molecule has 0 amide bonds. The highest BCUT2D eigenvalue weighted by atomic mass is 15.0. The number of fused-ring (bicyclic) bond motifs is 20. The van der Waals surface area contributed by atoms with E-state index in [1.165, 1.54) is 148 Å². The summed E-state index contributed by atoms with van der Waals surface area (Å²) in [4.78, 5) is 0. The van der Waals surface area contributed by atoms with Crippen LogP contribution >= 0.6 is 0 Å². The summed E-state index contributed by atoms with van der Waals surface area (Å²) in [6.45, 7) is 4.29. The molecule has 376 valence electrons. The molecule has 17 aromatic rings. The summed E-state index contributed by atoms with van der Waals surface area (Å²) in [6.07, 6.45) is 0. The first-order valence-corrected chi connectivity index (χ1v) is 27.7. The van der Waals surface area contributed by atoms with Gasteiger partial charge in [0.25, 0.3) is 0 Å². The molecule has 0 saturated carbocycles. The lowest BCUT2D eigenvalue weighted by molar-refractivity contribution is 1.18. The molecule has 0 N–H and O–H groups in total. The van der Waals surface area contributed by atoms with Crippen molar-refractivity contribution in [2.45, 2.75) is 13.8 Å². The smallest absolute Gasteiger partial charge is 0.0627 e. The third-order valence-corrected chi connectivity index (χ3v) is 16.7. The monoisotopic (exact) mass is 1020 g/mol. The number of hydrogen-bond acceptors (Lipinski definition) is 0. The third kappa shape index (κ3) is 6.82. The fourth-order valence-corrected chi connectivity index (χ4v) is 13.3. The maximum absolute atomic E-state index is 2.47. The standard InChI is InChI=1S/C41H28N2.C35H24N2/c1-27-19-23-30(24-20-27)42-36-17-9-7-15-34(36)38-39-35-16-8-10-18-37(35)43(41(39)33-14-6-5-13-32(33)40(38)42)31-25-21-29(22-26-31)28-11-3-2-4-12-28;1-23-19-21-25(22-20-23)37-31-18-10-8-16-29(31)33-32-28-15-7-9-17-30(28)36(24-11-3-2-4-12-24)34(32)26-13-5-6-14-27(26)35(33)37/h2-26H,1H3;2-22H,1H3. The zero-order valence-corrected chi connectivity index (χ0v) is 44.3. The van der Waals surface area contributed by atoms with Crippen LogP contribution in [-0.4, -0.2) is 18.3 Å². The molecule has 0 bridgehead atoms. The van der Waals surface area contributed by atoms with Crippen LogP contribution in [0.5, 0.6) is 0 Å². The van der Waals surface area contributed by atoms with Gasteiger partial charge < -0.3 is 18.3 Å². The molecule has 0 aliphatic carbocycles. The maximum atomic E-state index is 2.47. The average molecular weight is 1020 g/mol. The molecule has 0 spiro atoms. The largest absolute Gasteiger partial charge is 0.309 e. The van der Waals surface area contributed by atoms with Crippen LogP contribution in [0.4, 0.5) is 0 Å². The van der Waals surface area contributed by atoms with Crippen LogP contribution in [0.25, 0.3) is 143 Å². The molecule has 17 rings (SSSR count). The van der Waals surface area contributed by atoms with Crippen LogP contribution in [0.1, 0.15) is 11.1 Å². The highest BCUT2D eigenvalue weighted by Gasteiger charge is 2.26. The molecule has 0 fully saturated rings. The van der Waals surface area contributed by atoms with Crippen LogP contribution in [0.3, 0.4) is 0 Å². The second kappa shape index (κ2) is 18.1. The van der Waals surface area contributed by atoms with Crippen molar-refractivity contribution in [2.24, 2.45) is 0 Å². The molecule has 0 aliphatic heterocycles. The first-order valence-electron chi connectivity index (χ1n) is 27.7. The lowest BCUT2D eigenvalue weighted by Gasteiger charge is -2.14. The predicted octanol–water partition coefficient (Wildman–Crippen LogP) is 20.4. The molecular weight excluding hydrogens is 969 g/mol. The summed E-state index contributed by atoms with van der Waals surface area (Å²) in [6, 6.07) is 101. The normalized spacial score (nSPS) is 11.9. The van der Waals surface area contributed by atoms with E-state index < -0.39 is 0 Å². The summed E-state index contributed by atoms with van der Waals surface area (Å²) in [5.41, 5.74) is 19.6. The number of benzene rings is 13. The number of hydrogen-bond donors (Lipinski definition) is 0. The van der Waals surface area contributed by atoms with Gasteiger partial charge in [0.05, 0.1) is 44.1 Å². The summed E-state index contributed by atoms with van der Waals surface area (Å²) >= 11 is 0. The van der Waals surface area contributed by atoms with Crippen molar-refractivity contribution in [3.8, 4) is 33.9 Å². The van der Waals surface area contributed by atoms with Crippen LogP contribution in [0.2, 0.25) is 0 Å². The van der Waals surface area contributed by atoms with Crippen molar-refractivity contribution in [3.05, 3.63) is 290 Å². The van der Waals surface area contributed by atoms with Crippen molar-refractivity contribution in [1.82, 2.24) is 18.3 Å². The zero-order chi connectivity index (χ0) is 53.0. The van der Waals surface area contributed by atoms with E-state index in [1.54, 1.807) is 0 Å². The summed E-state index contributed by atoms with van der Waals surface area (Å²) in [7, 11) is 0. The molecule has 4 aromatic heterocycles. The van der Waals surface area contributed by atoms with Gasteiger partial charge in [-0.2, -0.15) is 0 Å². The first kappa shape index (κ1) is 45.7. The fourth-order valence-electron chi connectivity index (χ4n) is 13.3. The molecule has 0 unspecified atom stereocenters. The van der Waals surface area contributed by atoms with Gasteiger partial charge in [-0.25, -0.2) is 0 Å². The topological polar surface area (TPSA) is 19.7 Å². The number of aryl methyl sites for hydroxylation is 2. The zero-order valence-electron chi connectivity index (χ0n) is 44.3. The Morgan fingerprint density at radius 1 is 0.188 bits per heavy atom. The Bertz CT molecular complexity index is 5270. The molecule has 80 heavy (non-hydrogen) atoms. The van der Waals surface area contributed by atoms with Gasteiger partial charge in [-0.3, -0.25) is 0 Å². The van der Waals surface area contributed by atoms with E-state index in [1.807, 2.05) is 0 Å². The van der Waals surface area contributed by atoms with Gasteiger partial charge in [-0.05, 0) is 97.8 Å². The fraction of sp³-hybridized carbons (Fsp3) is 0.0263. The van der Waals surface area contributed by atoms with Gasteiger partial charge in [0.2, 0.25) is 0 Å². The number of rotatable bonds is 5. The number of para-hydroxylation sites is 5. The quantitative estimate of drug-likeness (QED) is 0.164. The minimum Gasteiger partial charge on any atom is -0.309 e. The van der Waals surface area contributed by atoms with Crippen molar-refractivity contribution < 1.29 is 0 Å². The van der Waals surface area contributed by atoms with E-state index in [0.717, 1.165) is 5.69 Å². The Hall–Kier alpha value is -10.4. The van der Waals surface area contributed by atoms with E-state index in [-0.39, 0.29) is 0 Å². The Morgan fingerprint density at radius 2 is 0.412 bits per heavy atom. The van der Waals surface area contributed by atoms with E-state index in [2.05, 4.69) is 311 Å². The lowest BCUT2D eigenvalue weighted by Crippen LogP contribution is -1.97. The highest BCUT2D eigenvalue weighted by Crippen LogP contribution is 2.49. The second-order valence-corrected chi connectivity index (χ2v) is 21.3. The summed E-state index contributed by atoms with van der Waals surface area (Å²) in [5, 5.41) is 15.4. The van der Waals surface area contributed by atoms with Gasteiger partial charge in [0.15, 0.2) is 0 Å². The van der Waals surface area contributed by atoms with E-state index in [4.69, 9.17) is 0 Å². The minimum absolute atomic E-state index is 1.16. The number of nitrogens with zero attached hydrogens (tertiary/aromatic N) is 4. The molecule has 0 radical (unpaired) electrons. The van der Waals surface area contributed by atoms with Crippen molar-refractivity contribution in [3.63, 3.8) is 0 Å². The van der Waals surface area contributed by atoms with Crippen LogP contribution in [0, 0.1) is 13.8 Å². The number of aromatic nitrogens is 4. The second-order valence-electron chi connectivity index (χ2n) is 21.3. The summed E-state index contributed by atoms with van der Waals surface area (Å²) in [5.74, 6) is 0. The molecule has 13 aromatic carbocycles. The van der Waals surface area contributed by atoms with E-state index in [0.29, 0.717) is 0 Å². The molecule has 0 saturated heterocycles. The van der Waals surface area contributed by atoms with Gasteiger partial charge in [-0.15, -0.1) is 0 Å². The Balaban J connectivity index is 0.000000134. The average Bonchev–Trinajstić information content (AvgIpc) is 4.45. The maximum Gasteiger partial charge on any atom is 0.0627 e. The van der Waals surface area contributed by atoms with Crippen molar-refractivity contribution in [2.75, 3.05) is 0 Å². The van der Waals surface area contributed by atoms with Crippen LogP contribution < -0.4 is 0 Å². The van der Waals surface area contributed by atoms with Crippen molar-refractivity contribution >= 4 is 109 Å². The van der Waals surface area contributed by atoms with Crippen molar-refractivity contribution in [1.29, 1.82) is 0 Å². The highest BCUT2D eigenvalue weighted by molar-refractivity contribution is 6.39. The molecule has 4 heteroatoms. The van der Waals surface area contributed by atoms with Gasteiger partial charge >= 0.3 is 0 Å². The molecule has 4 nitrogen and oxygen atoms in total. The molecule has 4 heterocycles. The Kier molecular flexibility index (Phi) is 10.3. The van der Waals surface area contributed by atoms with E-state index in [9.17, 15) is 0 Å². The lowest BCUT2D eigenvalue weighted by atomic mass is 9.99. The molecular formula is C76H52N4. The van der Waals surface area contributed by atoms with E-state index >= 15 is 0 Å². The Morgan fingerprint density at radius 3 is 0.725 bits per heavy atom. The van der Waals surface area contributed by atoms with Gasteiger partial charge in [0.1, 0.15) is 0 Å². The molecule has 0 aliphatic rings. The first-order chi connectivity index (χ1) is 39.6. The molecule has 0 atom stereocenters.